The molecule has 0 aliphatic rings. The van der Waals surface area contributed by atoms with Crippen molar-refractivity contribution in [1.29, 1.82) is 0 Å². The van der Waals surface area contributed by atoms with Crippen molar-refractivity contribution >= 4 is 5.91 Å². The highest BCUT2D eigenvalue weighted by molar-refractivity contribution is 5.82. The highest BCUT2D eigenvalue weighted by Gasteiger charge is 2.27. The predicted molar refractivity (Wildman–Crippen MR) is 62.2 cm³/mol. The third-order valence-electron chi connectivity index (χ3n) is 2.65. The fourth-order valence-electron chi connectivity index (χ4n) is 2.14. The Bertz CT molecular complexity index is 324. The molecular weight excluding hydrogens is 204 g/mol. The molecule has 1 rings (SSSR count). The molecule has 1 heterocycles. The second kappa shape index (κ2) is 5.21. The second-order valence-electron chi connectivity index (χ2n) is 4.50. The molecule has 1 atom stereocenters. The summed E-state index contributed by atoms with van der Waals surface area (Å²) < 4.78 is 1.29. The molecule has 0 spiro atoms. The molecule has 16 heavy (non-hydrogen) atoms. The zero-order valence-electron chi connectivity index (χ0n) is 10.6. The number of nitrogens with zero attached hydrogens (tertiary/aromatic N) is 4. The summed E-state index contributed by atoms with van der Waals surface area (Å²) in [6, 6.07) is 0.451. The van der Waals surface area contributed by atoms with E-state index in [4.69, 9.17) is 0 Å². The Kier molecular flexibility index (Phi) is 4.18. The van der Waals surface area contributed by atoms with Gasteiger partial charge in [-0.25, -0.2) is 0 Å². The molecule has 0 bridgehead atoms. The third kappa shape index (κ3) is 2.66. The Hall–Kier alpha value is -1.23. The third-order valence-corrected chi connectivity index (χ3v) is 2.65. The van der Waals surface area contributed by atoms with Crippen molar-refractivity contribution in [1.82, 2.24) is 19.9 Å². The zero-order valence-corrected chi connectivity index (χ0v) is 10.6. The summed E-state index contributed by atoms with van der Waals surface area (Å²) in [5.41, 5.74) is 0. The van der Waals surface area contributed by atoms with Gasteiger partial charge in [-0.15, -0.1) is 5.10 Å². The van der Waals surface area contributed by atoms with Crippen LogP contribution in [0.15, 0.2) is 12.4 Å². The lowest BCUT2D eigenvalue weighted by atomic mass is 10.1. The average molecular weight is 224 g/mol. The number of carbonyl (C=O) groups excluding carboxylic acids is 1. The molecule has 0 N–H and O–H groups in total. The van der Waals surface area contributed by atoms with E-state index in [-0.39, 0.29) is 11.9 Å². The van der Waals surface area contributed by atoms with Crippen molar-refractivity contribution in [2.45, 2.75) is 52.7 Å². The first-order chi connectivity index (χ1) is 7.45. The van der Waals surface area contributed by atoms with Gasteiger partial charge in [0.05, 0.1) is 18.4 Å². The van der Waals surface area contributed by atoms with Crippen molar-refractivity contribution in [3.8, 4) is 0 Å². The lowest BCUT2D eigenvalue weighted by Gasteiger charge is -2.34. The van der Waals surface area contributed by atoms with E-state index in [2.05, 4.69) is 42.9 Å². The van der Waals surface area contributed by atoms with Gasteiger partial charge in [0.25, 0.3) is 5.91 Å². The molecule has 0 aliphatic heterocycles. The molecule has 1 unspecified atom stereocenters. The fraction of sp³-hybridized carbons (Fsp3) is 0.727. The highest BCUT2D eigenvalue weighted by Crippen LogP contribution is 2.11. The van der Waals surface area contributed by atoms with Crippen molar-refractivity contribution in [3.63, 3.8) is 0 Å². The van der Waals surface area contributed by atoms with Crippen molar-refractivity contribution in [2.75, 3.05) is 0 Å². The number of carbonyl (C=O) groups is 1. The van der Waals surface area contributed by atoms with Crippen LogP contribution in [-0.4, -0.2) is 43.9 Å². The van der Waals surface area contributed by atoms with Gasteiger partial charge in [-0.05, 0) is 34.6 Å². The minimum atomic E-state index is -0.193. The number of aromatic nitrogens is 3. The molecule has 0 aliphatic carbocycles. The zero-order chi connectivity index (χ0) is 12.3. The van der Waals surface area contributed by atoms with E-state index in [9.17, 15) is 4.79 Å². The van der Waals surface area contributed by atoms with E-state index in [1.165, 1.54) is 10.9 Å². The first kappa shape index (κ1) is 12.8. The van der Waals surface area contributed by atoms with Crippen molar-refractivity contribution in [3.05, 3.63) is 12.4 Å². The molecule has 1 aromatic heterocycles. The minimum Gasteiger partial charge on any atom is -0.287 e. The van der Waals surface area contributed by atoms with Gasteiger partial charge < -0.3 is 0 Å². The van der Waals surface area contributed by atoms with Crippen LogP contribution in [0.2, 0.25) is 0 Å². The second-order valence-corrected chi connectivity index (χ2v) is 4.50. The van der Waals surface area contributed by atoms with Crippen LogP contribution in [0.5, 0.6) is 0 Å². The number of rotatable bonds is 4. The Balaban J connectivity index is 2.83. The fourth-order valence-corrected chi connectivity index (χ4v) is 2.14. The molecule has 1 aromatic rings. The Morgan fingerprint density at radius 1 is 1.19 bits per heavy atom. The molecule has 0 saturated carbocycles. The van der Waals surface area contributed by atoms with Gasteiger partial charge in [0.1, 0.15) is 0 Å². The van der Waals surface area contributed by atoms with Gasteiger partial charge in [0, 0.05) is 12.1 Å². The topological polar surface area (TPSA) is 51.0 Å². The van der Waals surface area contributed by atoms with E-state index in [0.717, 1.165) is 0 Å². The lowest BCUT2D eigenvalue weighted by molar-refractivity contribution is 0.0608. The molecule has 0 fully saturated rings. The summed E-state index contributed by atoms with van der Waals surface area (Å²) in [4.78, 5) is 14.2. The van der Waals surface area contributed by atoms with Gasteiger partial charge in [-0.3, -0.25) is 9.69 Å². The largest absolute Gasteiger partial charge is 0.287 e. The smallest absolute Gasteiger partial charge is 0.265 e. The molecule has 5 heteroatoms. The Morgan fingerprint density at radius 3 is 2.12 bits per heavy atom. The van der Waals surface area contributed by atoms with Crippen LogP contribution >= 0.6 is 0 Å². The normalized spacial score (nSPS) is 13.8. The van der Waals surface area contributed by atoms with Crippen molar-refractivity contribution < 1.29 is 4.79 Å². The van der Waals surface area contributed by atoms with Crippen LogP contribution in [0, 0.1) is 0 Å². The average Bonchev–Trinajstić information content (AvgIpc) is 2.67. The molecular formula is C11H20N4O. The summed E-state index contributed by atoms with van der Waals surface area (Å²) in [6.07, 6.45) is 3.09. The first-order valence-electron chi connectivity index (χ1n) is 5.63. The van der Waals surface area contributed by atoms with E-state index >= 15 is 0 Å². The molecule has 0 aromatic carbocycles. The van der Waals surface area contributed by atoms with Crippen LogP contribution in [0.4, 0.5) is 0 Å². The Labute approximate surface area is 96.4 Å². The standard InChI is InChI=1S/C11H20N4O/c1-8(2)15(9(3)4)10(5)11(16)14-7-6-12-13-14/h6-10H,1-5H3. The Morgan fingerprint density at radius 2 is 1.75 bits per heavy atom. The maximum absolute atomic E-state index is 12.1. The summed E-state index contributed by atoms with van der Waals surface area (Å²) in [6.45, 7) is 10.3. The first-order valence-corrected chi connectivity index (χ1v) is 5.63. The van der Waals surface area contributed by atoms with E-state index in [1.807, 2.05) is 6.92 Å². The van der Waals surface area contributed by atoms with Gasteiger partial charge in [0.15, 0.2) is 0 Å². The summed E-state index contributed by atoms with van der Waals surface area (Å²) in [5, 5.41) is 7.38. The maximum atomic E-state index is 12.1. The molecule has 0 amide bonds. The predicted octanol–water partition coefficient (Wildman–Crippen LogP) is 1.43. The van der Waals surface area contributed by atoms with E-state index < -0.39 is 0 Å². The lowest BCUT2D eigenvalue weighted by Crippen LogP contribution is -2.49. The minimum absolute atomic E-state index is 0.0418. The molecule has 0 radical (unpaired) electrons. The van der Waals surface area contributed by atoms with Crippen LogP contribution < -0.4 is 0 Å². The monoisotopic (exact) mass is 224 g/mol. The molecule has 90 valence electrons. The van der Waals surface area contributed by atoms with E-state index in [1.54, 1.807) is 6.20 Å². The maximum Gasteiger partial charge on any atom is 0.265 e. The summed E-state index contributed by atoms with van der Waals surface area (Å²) >= 11 is 0. The molecule has 0 saturated heterocycles. The number of hydrogen-bond donors (Lipinski definition) is 0. The van der Waals surface area contributed by atoms with Crippen LogP contribution in [0.3, 0.4) is 0 Å². The van der Waals surface area contributed by atoms with Crippen LogP contribution in [0.1, 0.15) is 39.4 Å². The summed E-state index contributed by atoms with van der Waals surface area (Å²) in [5.74, 6) is -0.0418. The van der Waals surface area contributed by atoms with Crippen LogP contribution in [-0.2, 0) is 0 Å². The quantitative estimate of drug-likeness (QED) is 0.776. The van der Waals surface area contributed by atoms with Gasteiger partial charge in [-0.1, -0.05) is 5.21 Å². The highest BCUT2D eigenvalue weighted by atomic mass is 16.2. The summed E-state index contributed by atoms with van der Waals surface area (Å²) in [7, 11) is 0. The van der Waals surface area contributed by atoms with Gasteiger partial charge >= 0.3 is 0 Å². The molecule has 5 nitrogen and oxygen atoms in total. The van der Waals surface area contributed by atoms with E-state index in [0.29, 0.717) is 12.1 Å². The number of hydrogen-bond acceptors (Lipinski definition) is 4. The van der Waals surface area contributed by atoms with Gasteiger partial charge in [-0.2, -0.15) is 4.68 Å². The SMILES string of the molecule is CC(C)N(C(C)C)C(C)C(=O)n1ccnn1. The van der Waals surface area contributed by atoms with Gasteiger partial charge in [0.2, 0.25) is 0 Å². The van der Waals surface area contributed by atoms with Crippen LogP contribution in [0.25, 0.3) is 0 Å². The van der Waals surface area contributed by atoms with Crippen molar-refractivity contribution in [2.24, 2.45) is 0 Å².